The summed E-state index contributed by atoms with van der Waals surface area (Å²) in [4.78, 5) is 24.0. The second kappa shape index (κ2) is 5.43. The SMILES string of the molecule is CC(C)CNC(=O)Cn1ccc2c1CC(C)(C)CC2=O. The molecule has 0 unspecified atom stereocenters. The number of carbonyl (C=O) groups is 2. The summed E-state index contributed by atoms with van der Waals surface area (Å²) in [5, 5.41) is 2.91. The molecule has 4 heteroatoms. The van der Waals surface area contributed by atoms with Crippen LogP contribution in [-0.2, 0) is 17.8 Å². The number of ketones is 1. The molecule has 20 heavy (non-hydrogen) atoms. The Hall–Kier alpha value is -1.58. The van der Waals surface area contributed by atoms with Gasteiger partial charge in [-0.2, -0.15) is 0 Å². The maximum atomic E-state index is 12.1. The van der Waals surface area contributed by atoms with Crippen molar-refractivity contribution in [3.63, 3.8) is 0 Å². The maximum absolute atomic E-state index is 12.1. The molecule has 1 aliphatic carbocycles. The molecule has 1 aromatic heterocycles. The molecule has 0 fully saturated rings. The van der Waals surface area contributed by atoms with Crippen molar-refractivity contribution in [1.29, 1.82) is 0 Å². The van der Waals surface area contributed by atoms with E-state index in [9.17, 15) is 9.59 Å². The molecule has 1 aliphatic rings. The first-order valence-electron chi connectivity index (χ1n) is 7.26. The Morgan fingerprint density at radius 1 is 1.40 bits per heavy atom. The fourth-order valence-electron chi connectivity index (χ4n) is 2.68. The number of carbonyl (C=O) groups excluding carboxylic acids is 2. The summed E-state index contributed by atoms with van der Waals surface area (Å²) in [7, 11) is 0. The van der Waals surface area contributed by atoms with E-state index in [1.54, 1.807) is 0 Å². The van der Waals surface area contributed by atoms with E-state index < -0.39 is 0 Å². The van der Waals surface area contributed by atoms with Crippen LogP contribution >= 0.6 is 0 Å². The Labute approximate surface area is 120 Å². The average molecular weight is 276 g/mol. The summed E-state index contributed by atoms with van der Waals surface area (Å²) in [6.07, 6.45) is 3.29. The van der Waals surface area contributed by atoms with Crippen LogP contribution in [0.4, 0.5) is 0 Å². The molecule has 0 bridgehead atoms. The van der Waals surface area contributed by atoms with E-state index in [0.717, 1.165) is 17.7 Å². The highest BCUT2D eigenvalue weighted by atomic mass is 16.2. The first kappa shape index (κ1) is 14.8. The van der Waals surface area contributed by atoms with E-state index in [4.69, 9.17) is 0 Å². The quantitative estimate of drug-likeness (QED) is 0.918. The van der Waals surface area contributed by atoms with Crippen LogP contribution in [0.15, 0.2) is 12.3 Å². The molecule has 1 aromatic rings. The highest BCUT2D eigenvalue weighted by Crippen LogP contribution is 2.35. The van der Waals surface area contributed by atoms with Crippen LogP contribution in [0, 0.1) is 11.3 Å². The first-order chi connectivity index (χ1) is 9.28. The van der Waals surface area contributed by atoms with Crippen molar-refractivity contribution >= 4 is 11.7 Å². The van der Waals surface area contributed by atoms with Crippen LogP contribution < -0.4 is 5.32 Å². The molecular weight excluding hydrogens is 252 g/mol. The van der Waals surface area contributed by atoms with Gasteiger partial charge < -0.3 is 9.88 Å². The van der Waals surface area contributed by atoms with Gasteiger partial charge >= 0.3 is 0 Å². The van der Waals surface area contributed by atoms with Gasteiger partial charge in [0.1, 0.15) is 6.54 Å². The van der Waals surface area contributed by atoms with Crippen LogP contribution in [0.2, 0.25) is 0 Å². The lowest BCUT2D eigenvalue weighted by Gasteiger charge is -2.29. The number of Topliss-reactive ketones (excluding diaryl/α,β-unsaturated/α-hetero) is 1. The minimum absolute atomic E-state index is 0.00734. The molecule has 1 heterocycles. The molecule has 0 radical (unpaired) electrons. The van der Waals surface area contributed by atoms with Crippen molar-refractivity contribution in [3.05, 3.63) is 23.5 Å². The number of nitrogens with zero attached hydrogens (tertiary/aromatic N) is 1. The smallest absolute Gasteiger partial charge is 0.239 e. The van der Waals surface area contributed by atoms with Gasteiger partial charge in [0, 0.05) is 30.4 Å². The van der Waals surface area contributed by atoms with Gasteiger partial charge in [-0.15, -0.1) is 0 Å². The lowest BCUT2D eigenvalue weighted by Crippen LogP contribution is -2.33. The van der Waals surface area contributed by atoms with Gasteiger partial charge in [-0.3, -0.25) is 9.59 Å². The number of aromatic nitrogens is 1. The molecule has 0 aliphatic heterocycles. The third kappa shape index (κ3) is 3.30. The van der Waals surface area contributed by atoms with E-state index in [1.807, 2.05) is 16.8 Å². The number of hydrogen-bond acceptors (Lipinski definition) is 2. The predicted molar refractivity (Wildman–Crippen MR) is 78.7 cm³/mol. The topological polar surface area (TPSA) is 51.1 Å². The lowest BCUT2D eigenvalue weighted by molar-refractivity contribution is -0.121. The highest BCUT2D eigenvalue weighted by molar-refractivity contribution is 5.99. The number of amides is 1. The second-order valence-corrected chi connectivity index (χ2v) is 6.94. The van der Waals surface area contributed by atoms with E-state index in [-0.39, 0.29) is 17.1 Å². The Bertz CT molecular complexity index is 527. The Balaban J connectivity index is 2.12. The van der Waals surface area contributed by atoms with E-state index in [2.05, 4.69) is 33.0 Å². The molecule has 0 saturated heterocycles. The standard InChI is InChI=1S/C16H24N2O2/c1-11(2)9-17-15(20)10-18-6-5-12-13(18)7-16(3,4)8-14(12)19/h5-6,11H,7-10H2,1-4H3,(H,17,20). The Kier molecular flexibility index (Phi) is 4.02. The molecule has 0 atom stereocenters. The largest absolute Gasteiger partial charge is 0.354 e. The number of nitrogens with one attached hydrogen (secondary N) is 1. The van der Waals surface area contributed by atoms with Gasteiger partial charge in [0.15, 0.2) is 5.78 Å². The van der Waals surface area contributed by atoms with Crippen LogP contribution in [0.1, 0.15) is 50.2 Å². The Morgan fingerprint density at radius 3 is 2.75 bits per heavy atom. The zero-order chi connectivity index (χ0) is 14.9. The van der Waals surface area contributed by atoms with E-state index in [0.29, 0.717) is 25.4 Å². The monoisotopic (exact) mass is 276 g/mol. The normalized spacial score (nSPS) is 17.1. The molecule has 4 nitrogen and oxygen atoms in total. The summed E-state index contributed by atoms with van der Waals surface area (Å²) in [5.41, 5.74) is 1.78. The molecule has 1 N–H and O–H groups in total. The minimum atomic E-state index is -0.0193. The molecular formula is C16H24N2O2. The molecule has 0 aromatic carbocycles. The zero-order valence-corrected chi connectivity index (χ0v) is 12.8. The molecule has 0 saturated carbocycles. The van der Waals surface area contributed by atoms with Gasteiger partial charge in [0.2, 0.25) is 5.91 Å². The van der Waals surface area contributed by atoms with Crippen molar-refractivity contribution in [2.75, 3.05) is 6.54 Å². The Morgan fingerprint density at radius 2 is 2.10 bits per heavy atom. The maximum Gasteiger partial charge on any atom is 0.239 e. The third-order valence-corrected chi connectivity index (χ3v) is 3.69. The van der Waals surface area contributed by atoms with Gasteiger partial charge in [0.25, 0.3) is 0 Å². The molecule has 2 rings (SSSR count). The highest BCUT2D eigenvalue weighted by Gasteiger charge is 2.33. The number of hydrogen-bond donors (Lipinski definition) is 1. The summed E-state index contributed by atoms with van der Waals surface area (Å²) in [6, 6.07) is 1.85. The van der Waals surface area contributed by atoms with E-state index >= 15 is 0 Å². The van der Waals surface area contributed by atoms with Gasteiger partial charge in [-0.25, -0.2) is 0 Å². The van der Waals surface area contributed by atoms with Crippen LogP contribution in [-0.4, -0.2) is 22.8 Å². The number of fused-ring (bicyclic) bond motifs is 1. The van der Waals surface area contributed by atoms with Crippen LogP contribution in [0.25, 0.3) is 0 Å². The molecule has 0 spiro atoms. The molecule has 1 amide bonds. The summed E-state index contributed by atoms with van der Waals surface area (Å²) >= 11 is 0. The molecule has 110 valence electrons. The fourth-order valence-corrected chi connectivity index (χ4v) is 2.68. The predicted octanol–water partition coefficient (Wildman–Crippen LogP) is 2.42. The minimum Gasteiger partial charge on any atom is -0.354 e. The van der Waals surface area contributed by atoms with Crippen molar-refractivity contribution in [1.82, 2.24) is 9.88 Å². The van der Waals surface area contributed by atoms with Crippen molar-refractivity contribution < 1.29 is 9.59 Å². The first-order valence-corrected chi connectivity index (χ1v) is 7.26. The van der Waals surface area contributed by atoms with Crippen LogP contribution in [0.5, 0.6) is 0 Å². The van der Waals surface area contributed by atoms with E-state index in [1.165, 1.54) is 0 Å². The van der Waals surface area contributed by atoms with Crippen molar-refractivity contribution in [2.45, 2.75) is 47.1 Å². The second-order valence-electron chi connectivity index (χ2n) is 6.94. The van der Waals surface area contributed by atoms with Gasteiger partial charge in [-0.1, -0.05) is 27.7 Å². The summed E-state index contributed by atoms with van der Waals surface area (Å²) in [6.45, 7) is 9.32. The van der Waals surface area contributed by atoms with Crippen molar-refractivity contribution in [2.24, 2.45) is 11.3 Å². The van der Waals surface area contributed by atoms with Crippen LogP contribution in [0.3, 0.4) is 0 Å². The lowest BCUT2D eigenvalue weighted by atomic mass is 9.76. The fraction of sp³-hybridized carbons (Fsp3) is 0.625. The third-order valence-electron chi connectivity index (χ3n) is 3.69. The number of rotatable bonds is 4. The van der Waals surface area contributed by atoms with Crippen molar-refractivity contribution in [3.8, 4) is 0 Å². The average Bonchev–Trinajstić information content (AvgIpc) is 2.68. The van der Waals surface area contributed by atoms with Gasteiger partial charge in [0.05, 0.1) is 0 Å². The summed E-state index contributed by atoms with van der Waals surface area (Å²) in [5.74, 6) is 0.642. The van der Waals surface area contributed by atoms with Gasteiger partial charge in [-0.05, 0) is 23.8 Å². The summed E-state index contributed by atoms with van der Waals surface area (Å²) < 4.78 is 1.92. The zero-order valence-electron chi connectivity index (χ0n) is 12.8.